The molecule has 1 rings (SSSR count). The van der Waals surface area contributed by atoms with E-state index in [9.17, 15) is 4.79 Å². The van der Waals surface area contributed by atoms with Gasteiger partial charge in [0.1, 0.15) is 0 Å². The Morgan fingerprint density at radius 2 is 1.95 bits per heavy atom. The number of ether oxygens (including phenoxy) is 1. The van der Waals surface area contributed by atoms with Gasteiger partial charge in [0, 0.05) is 18.4 Å². The van der Waals surface area contributed by atoms with Crippen LogP contribution in [0, 0.1) is 28.6 Å². The minimum absolute atomic E-state index is 0.143. The summed E-state index contributed by atoms with van der Waals surface area (Å²) in [6.07, 6.45) is 3.70. The summed E-state index contributed by atoms with van der Waals surface area (Å²) in [6, 6.07) is 0. The first-order valence-electron chi connectivity index (χ1n) is 7.71. The normalized spacial score (nSPS) is 23.9. The van der Waals surface area contributed by atoms with Crippen LogP contribution in [0.25, 0.3) is 0 Å². The Morgan fingerprint density at radius 3 is 2.50 bits per heavy atom. The lowest BCUT2D eigenvalue weighted by atomic mass is 9.70. The fourth-order valence-corrected chi connectivity index (χ4v) is 2.80. The molecule has 1 N–H and O–H groups in total. The highest BCUT2D eigenvalue weighted by atomic mass is 16.5. The van der Waals surface area contributed by atoms with Gasteiger partial charge in [-0.2, -0.15) is 0 Å². The van der Waals surface area contributed by atoms with Crippen molar-refractivity contribution in [2.24, 2.45) is 16.7 Å². The Morgan fingerprint density at radius 1 is 1.30 bits per heavy atom. The SMILES string of the molecule is CCC(CC)COC(=O)NCC1(C)C#CCC(C)(C)C1. The van der Waals surface area contributed by atoms with Gasteiger partial charge in [-0.25, -0.2) is 4.79 Å². The lowest BCUT2D eigenvalue weighted by Crippen LogP contribution is -2.39. The zero-order valence-corrected chi connectivity index (χ0v) is 13.6. The Bertz CT molecular complexity index is 388. The predicted molar refractivity (Wildman–Crippen MR) is 82.3 cm³/mol. The summed E-state index contributed by atoms with van der Waals surface area (Å²) in [5.74, 6) is 6.95. The molecule has 0 aromatic heterocycles. The monoisotopic (exact) mass is 279 g/mol. The maximum atomic E-state index is 11.7. The molecule has 1 unspecified atom stereocenters. The van der Waals surface area contributed by atoms with Crippen molar-refractivity contribution >= 4 is 6.09 Å². The molecule has 0 bridgehead atoms. The van der Waals surface area contributed by atoms with E-state index < -0.39 is 0 Å². The summed E-state index contributed by atoms with van der Waals surface area (Å²) in [4.78, 5) is 11.7. The first-order valence-corrected chi connectivity index (χ1v) is 7.71. The van der Waals surface area contributed by atoms with Crippen LogP contribution in [-0.2, 0) is 4.74 Å². The smallest absolute Gasteiger partial charge is 0.407 e. The van der Waals surface area contributed by atoms with Gasteiger partial charge < -0.3 is 10.1 Å². The molecule has 0 aromatic rings. The summed E-state index contributed by atoms with van der Waals surface area (Å²) in [7, 11) is 0. The van der Waals surface area contributed by atoms with E-state index in [0.717, 1.165) is 25.7 Å². The summed E-state index contributed by atoms with van der Waals surface area (Å²) < 4.78 is 5.28. The molecular formula is C17H29NO2. The number of hydrogen-bond acceptors (Lipinski definition) is 2. The third kappa shape index (κ3) is 5.45. The lowest BCUT2D eigenvalue weighted by molar-refractivity contribution is 0.119. The van der Waals surface area contributed by atoms with Crippen molar-refractivity contribution in [3.8, 4) is 11.8 Å². The fourth-order valence-electron chi connectivity index (χ4n) is 2.80. The zero-order valence-electron chi connectivity index (χ0n) is 13.6. The minimum atomic E-state index is -0.316. The molecule has 3 nitrogen and oxygen atoms in total. The van der Waals surface area contributed by atoms with Gasteiger partial charge in [0.05, 0.1) is 6.61 Å². The quantitative estimate of drug-likeness (QED) is 0.747. The largest absolute Gasteiger partial charge is 0.449 e. The van der Waals surface area contributed by atoms with Crippen LogP contribution in [-0.4, -0.2) is 19.2 Å². The lowest BCUT2D eigenvalue weighted by Gasteiger charge is -2.36. The van der Waals surface area contributed by atoms with E-state index in [1.807, 2.05) is 0 Å². The number of nitrogens with one attached hydrogen (secondary N) is 1. The number of hydrogen-bond donors (Lipinski definition) is 1. The first kappa shape index (κ1) is 16.9. The highest BCUT2D eigenvalue weighted by Crippen LogP contribution is 2.38. The van der Waals surface area contributed by atoms with Gasteiger partial charge in [-0.05, 0) is 24.7 Å². The number of carbonyl (C=O) groups excluding carboxylic acids is 1. The summed E-state index contributed by atoms with van der Waals surface area (Å²) in [5, 5.41) is 2.87. The molecule has 0 fully saturated rings. The van der Waals surface area contributed by atoms with Gasteiger partial charge >= 0.3 is 6.09 Å². The van der Waals surface area contributed by atoms with Gasteiger partial charge in [-0.3, -0.25) is 0 Å². The Kier molecular flexibility index (Phi) is 5.92. The Labute approximate surface area is 123 Å². The molecular weight excluding hydrogens is 250 g/mol. The predicted octanol–water partition coefficient (Wildman–Crippen LogP) is 3.98. The van der Waals surface area contributed by atoms with Crippen LogP contribution in [0.15, 0.2) is 0 Å². The fraction of sp³-hybridized carbons (Fsp3) is 0.824. The Hall–Kier alpha value is -1.17. The highest BCUT2D eigenvalue weighted by Gasteiger charge is 2.33. The molecule has 0 saturated heterocycles. The van der Waals surface area contributed by atoms with Crippen LogP contribution in [0.4, 0.5) is 4.79 Å². The number of carbonyl (C=O) groups is 1. The van der Waals surface area contributed by atoms with E-state index in [1.54, 1.807) is 0 Å². The molecule has 1 amide bonds. The first-order chi connectivity index (χ1) is 9.30. The molecule has 1 aliphatic rings. The zero-order chi connectivity index (χ0) is 15.2. The number of alkyl carbamates (subject to hydrolysis) is 1. The summed E-state index contributed by atoms with van der Waals surface area (Å²) in [6.45, 7) is 11.9. The average molecular weight is 279 g/mol. The van der Waals surface area contributed by atoms with Crippen molar-refractivity contribution in [2.75, 3.05) is 13.2 Å². The average Bonchev–Trinajstić information content (AvgIpc) is 2.36. The van der Waals surface area contributed by atoms with Crippen molar-refractivity contribution in [3.63, 3.8) is 0 Å². The molecule has 1 aliphatic carbocycles. The van der Waals surface area contributed by atoms with Crippen LogP contribution in [0.2, 0.25) is 0 Å². The standard InChI is InChI=1S/C17H29NO2/c1-6-14(7-2)11-20-15(19)18-13-17(5)10-8-9-16(3,4)12-17/h14H,6-7,9,11-13H2,1-5H3,(H,18,19). The molecule has 3 heteroatoms. The molecule has 0 heterocycles. The van der Waals surface area contributed by atoms with Crippen LogP contribution < -0.4 is 5.32 Å². The maximum absolute atomic E-state index is 11.7. The van der Waals surface area contributed by atoms with Gasteiger partial charge in [-0.1, -0.05) is 46.5 Å². The van der Waals surface area contributed by atoms with Crippen LogP contribution in [0.1, 0.15) is 60.3 Å². The second-order valence-electron chi connectivity index (χ2n) is 7.01. The van der Waals surface area contributed by atoms with Crippen LogP contribution in [0.3, 0.4) is 0 Å². The molecule has 0 saturated carbocycles. The van der Waals surface area contributed by atoms with E-state index in [-0.39, 0.29) is 16.9 Å². The summed E-state index contributed by atoms with van der Waals surface area (Å²) in [5.41, 5.74) is 0.0801. The van der Waals surface area contributed by atoms with Crippen molar-refractivity contribution < 1.29 is 9.53 Å². The van der Waals surface area contributed by atoms with Gasteiger partial charge in [0.2, 0.25) is 0 Å². The van der Waals surface area contributed by atoms with E-state index in [4.69, 9.17) is 4.74 Å². The van der Waals surface area contributed by atoms with Crippen molar-refractivity contribution in [3.05, 3.63) is 0 Å². The topological polar surface area (TPSA) is 38.3 Å². The second-order valence-corrected chi connectivity index (χ2v) is 7.01. The van der Waals surface area contributed by atoms with E-state index in [2.05, 4.69) is 51.8 Å². The van der Waals surface area contributed by atoms with Gasteiger partial charge in [0.15, 0.2) is 0 Å². The molecule has 20 heavy (non-hydrogen) atoms. The third-order valence-corrected chi connectivity index (χ3v) is 4.05. The number of amides is 1. The van der Waals surface area contributed by atoms with E-state index in [1.165, 1.54) is 0 Å². The second kappa shape index (κ2) is 7.02. The maximum Gasteiger partial charge on any atom is 0.407 e. The number of rotatable bonds is 6. The minimum Gasteiger partial charge on any atom is -0.449 e. The van der Waals surface area contributed by atoms with Crippen molar-refractivity contribution in [2.45, 2.75) is 60.3 Å². The van der Waals surface area contributed by atoms with E-state index >= 15 is 0 Å². The van der Waals surface area contributed by atoms with Crippen LogP contribution >= 0.6 is 0 Å². The van der Waals surface area contributed by atoms with Crippen LogP contribution in [0.5, 0.6) is 0 Å². The van der Waals surface area contributed by atoms with E-state index in [0.29, 0.717) is 19.1 Å². The van der Waals surface area contributed by atoms with Gasteiger partial charge in [-0.15, -0.1) is 5.92 Å². The van der Waals surface area contributed by atoms with Crippen molar-refractivity contribution in [1.82, 2.24) is 5.32 Å². The summed E-state index contributed by atoms with van der Waals surface area (Å²) >= 11 is 0. The molecule has 0 aliphatic heterocycles. The molecule has 0 spiro atoms. The molecule has 0 radical (unpaired) electrons. The molecule has 0 aromatic carbocycles. The third-order valence-electron chi connectivity index (χ3n) is 4.05. The molecule has 1 atom stereocenters. The highest BCUT2D eigenvalue weighted by molar-refractivity contribution is 5.67. The Balaban J connectivity index is 2.38. The molecule has 114 valence electrons. The van der Waals surface area contributed by atoms with Crippen molar-refractivity contribution in [1.29, 1.82) is 0 Å². The van der Waals surface area contributed by atoms with Gasteiger partial charge in [0.25, 0.3) is 0 Å².